The number of nitrogens with zero attached hydrogens (tertiary/aromatic N) is 5. The van der Waals surface area contributed by atoms with E-state index in [9.17, 15) is 4.79 Å². The van der Waals surface area contributed by atoms with Crippen LogP contribution in [0.2, 0.25) is 0 Å². The van der Waals surface area contributed by atoms with E-state index in [0.717, 1.165) is 23.9 Å². The van der Waals surface area contributed by atoms with Gasteiger partial charge in [-0.3, -0.25) is 14.7 Å². The van der Waals surface area contributed by atoms with Crippen molar-refractivity contribution in [2.24, 2.45) is 0 Å². The second-order valence-electron chi connectivity index (χ2n) is 6.92. The monoisotopic (exact) mass is 362 g/mol. The van der Waals surface area contributed by atoms with Crippen LogP contribution in [0.3, 0.4) is 0 Å². The van der Waals surface area contributed by atoms with E-state index >= 15 is 0 Å². The number of pyridine rings is 1. The molecule has 27 heavy (non-hydrogen) atoms. The molecule has 138 valence electrons. The summed E-state index contributed by atoms with van der Waals surface area (Å²) in [7, 11) is 2.03. The van der Waals surface area contributed by atoms with Crippen molar-refractivity contribution in [2.75, 3.05) is 25.9 Å². The minimum absolute atomic E-state index is 0.0665. The largest absolute Gasteiger partial charge is 0.384 e. The molecule has 7 heteroatoms. The van der Waals surface area contributed by atoms with Gasteiger partial charge in [0, 0.05) is 42.5 Å². The lowest BCUT2D eigenvalue weighted by molar-refractivity contribution is 0.0779. The minimum atomic E-state index is 0.0665. The molecular weight excluding hydrogens is 340 g/mol. The lowest BCUT2D eigenvalue weighted by Gasteiger charge is -2.24. The first kappa shape index (κ1) is 17.4. The van der Waals surface area contributed by atoms with E-state index in [2.05, 4.69) is 19.9 Å². The number of amides is 1. The summed E-state index contributed by atoms with van der Waals surface area (Å²) >= 11 is 0. The van der Waals surface area contributed by atoms with E-state index in [-0.39, 0.29) is 11.9 Å². The molecule has 2 N–H and O–H groups in total. The van der Waals surface area contributed by atoms with Crippen LogP contribution in [0.25, 0.3) is 10.9 Å². The summed E-state index contributed by atoms with van der Waals surface area (Å²) in [5, 5.41) is 0.982. The molecule has 1 aliphatic heterocycles. The summed E-state index contributed by atoms with van der Waals surface area (Å²) in [6.45, 7) is 2.05. The molecule has 0 bridgehead atoms. The molecule has 0 radical (unpaired) electrons. The molecular formula is C20H22N6O. The standard InChI is InChI=1S/C20H22N6O/c1-25(13-19-23-9-6-18(21)24-19)16-7-10-26(12-16)20(27)15-4-5-17-14(11-15)3-2-8-22-17/h2-6,8-9,11,16H,7,10,12-13H2,1H3,(H2,21,23,24). The molecule has 0 spiro atoms. The lowest BCUT2D eigenvalue weighted by atomic mass is 10.1. The second-order valence-corrected chi connectivity index (χ2v) is 6.92. The fourth-order valence-electron chi connectivity index (χ4n) is 3.52. The van der Waals surface area contributed by atoms with Gasteiger partial charge in [-0.05, 0) is 43.8 Å². The average Bonchev–Trinajstić information content (AvgIpc) is 3.17. The van der Waals surface area contributed by atoms with Crippen molar-refractivity contribution in [2.45, 2.75) is 19.0 Å². The fraction of sp³-hybridized carbons (Fsp3) is 0.300. The van der Waals surface area contributed by atoms with Gasteiger partial charge >= 0.3 is 0 Å². The van der Waals surface area contributed by atoms with Gasteiger partial charge in [0.15, 0.2) is 0 Å². The third kappa shape index (κ3) is 3.73. The Bertz CT molecular complexity index is 975. The van der Waals surface area contributed by atoms with Crippen LogP contribution in [0.15, 0.2) is 48.8 Å². The Morgan fingerprint density at radius 3 is 3.00 bits per heavy atom. The molecule has 1 aliphatic rings. The van der Waals surface area contributed by atoms with Crippen molar-refractivity contribution in [3.05, 3.63) is 60.2 Å². The Kier molecular flexibility index (Phi) is 4.68. The van der Waals surface area contributed by atoms with Crippen LogP contribution >= 0.6 is 0 Å². The molecule has 0 saturated carbocycles. The zero-order valence-corrected chi connectivity index (χ0v) is 15.2. The second kappa shape index (κ2) is 7.28. The predicted octanol–water partition coefficient (Wildman–Crippen LogP) is 1.95. The van der Waals surface area contributed by atoms with Crippen molar-refractivity contribution in [1.29, 1.82) is 0 Å². The van der Waals surface area contributed by atoms with Gasteiger partial charge in [-0.1, -0.05) is 6.07 Å². The van der Waals surface area contributed by atoms with Crippen molar-refractivity contribution in [3.8, 4) is 0 Å². The molecule has 0 aliphatic carbocycles. The normalized spacial score (nSPS) is 17.0. The molecule has 1 atom stereocenters. The van der Waals surface area contributed by atoms with Gasteiger partial charge in [0.05, 0.1) is 12.1 Å². The highest BCUT2D eigenvalue weighted by Gasteiger charge is 2.29. The van der Waals surface area contributed by atoms with E-state index < -0.39 is 0 Å². The van der Waals surface area contributed by atoms with Gasteiger partial charge in [-0.15, -0.1) is 0 Å². The number of hydrogen-bond acceptors (Lipinski definition) is 6. The van der Waals surface area contributed by atoms with Crippen LogP contribution in [0, 0.1) is 0 Å². The third-order valence-corrected chi connectivity index (χ3v) is 5.04. The molecule has 1 amide bonds. The maximum absolute atomic E-state index is 12.9. The van der Waals surface area contributed by atoms with Crippen LogP contribution in [0.5, 0.6) is 0 Å². The zero-order chi connectivity index (χ0) is 18.8. The number of nitrogen functional groups attached to an aromatic ring is 1. The molecule has 3 aromatic rings. The van der Waals surface area contributed by atoms with E-state index in [1.807, 2.05) is 42.3 Å². The van der Waals surface area contributed by atoms with Gasteiger partial charge in [-0.25, -0.2) is 9.97 Å². The molecule has 2 aromatic heterocycles. The number of benzene rings is 1. The summed E-state index contributed by atoms with van der Waals surface area (Å²) in [5.74, 6) is 1.24. The molecule has 1 aromatic carbocycles. The van der Waals surface area contributed by atoms with Gasteiger partial charge < -0.3 is 10.6 Å². The van der Waals surface area contributed by atoms with Crippen LogP contribution in [-0.4, -0.2) is 56.8 Å². The fourth-order valence-corrected chi connectivity index (χ4v) is 3.52. The molecule has 1 saturated heterocycles. The number of carbonyl (C=O) groups excluding carboxylic acids is 1. The Hall–Kier alpha value is -3.06. The lowest BCUT2D eigenvalue weighted by Crippen LogP contribution is -2.36. The van der Waals surface area contributed by atoms with E-state index in [0.29, 0.717) is 30.3 Å². The number of carbonyl (C=O) groups is 1. The molecule has 3 heterocycles. The van der Waals surface area contributed by atoms with Gasteiger partial charge in [-0.2, -0.15) is 0 Å². The van der Waals surface area contributed by atoms with Crippen LogP contribution in [0.1, 0.15) is 22.6 Å². The number of nitrogens with two attached hydrogens (primary N) is 1. The van der Waals surface area contributed by atoms with Crippen molar-refractivity contribution >= 4 is 22.6 Å². The molecule has 7 nitrogen and oxygen atoms in total. The highest BCUT2D eigenvalue weighted by molar-refractivity contribution is 5.98. The van der Waals surface area contributed by atoms with Crippen LogP contribution in [-0.2, 0) is 6.54 Å². The predicted molar refractivity (Wildman–Crippen MR) is 104 cm³/mol. The maximum atomic E-state index is 12.9. The number of likely N-dealkylation sites (tertiary alicyclic amines) is 1. The average molecular weight is 362 g/mol. The summed E-state index contributed by atoms with van der Waals surface area (Å²) in [5.41, 5.74) is 7.33. The maximum Gasteiger partial charge on any atom is 0.253 e. The Morgan fingerprint density at radius 1 is 1.26 bits per heavy atom. The number of aromatic nitrogens is 3. The molecule has 1 fully saturated rings. The first-order valence-corrected chi connectivity index (χ1v) is 9.02. The first-order valence-electron chi connectivity index (χ1n) is 9.02. The minimum Gasteiger partial charge on any atom is -0.384 e. The quantitative estimate of drug-likeness (QED) is 0.763. The SMILES string of the molecule is CN(Cc1nccc(N)n1)C1CCN(C(=O)c2ccc3ncccc3c2)C1. The van der Waals surface area contributed by atoms with Crippen LogP contribution in [0.4, 0.5) is 5.82 Å². The summed E-state index contributed by atoms with van der Waals surface area (Å²) in [6.07, 6.45) is 4.36. The number of hydrogen-bond donors (Lipinski definition) is 1. The number of likely N-dealkylation sites (N-methyl/N-ethyl adjacent to an activating group) is 1. The molecule has 4 rings (SSSR count). The summed E-state index contributed by atoms with van der Waals surface area (Å²) in [6, 6.07) is 11.5. The number of anilines is 1. The van der Waals surface area contributed by atoms with Crippen molar-refractivity contribution < 1.29 is 4.79 Å². The summed E-state index contributed by atoms with van der Waals surface area (Å²) in [4.78, 5) is 29.8. The number of rotatable bonds is 4. The number of fused-ring (bicyclic) bond motifs is 1. The Labute approximate surface area is 157 Å². The van der Waals surface area contributed by atoms with Crippen LogP contribution < -0.4 is 5.73 Å². The zero-order valence-electron chi connectivity index (χ0n) is 15.2. The highest BCUT2D eigenvalue weighted by Crippen LogP contribution is 2.20. The van der Waals surface area contributed by atoms with Crippen molar-refractivity contribution in [1.82, 2.24) is 24.8 Å². The van der Waals surface area contributed by atoms with E-state index in [1.54, 1.807) is 18.5 Å². The van der Waals surface area contributed by atoms with Crippen molar-refractivity contribution in [3.63, 3.8) is 0 Å². The van der Waals surface area contributed by atoms with E-state index in [4.69, 9.17) is 5.73 Å². The van der Waals surface area contributed by atoms with Gasteiger partial charge in [0.2, 0.25) is 0 Å². The van der Waals surface area contributed by atoms with E-state index in [1.165, 1.54) is 0 Å². The Balaban J connectivity index is 1.42. The van der Waals surface area contributed by atoms with Gasteiger partial charge in [0.1, 0.15) is 11.6 Å². The smallest absolute Gasteiger partial charge is 0.253 e. The first-order chi connectivity index (χ1) is 13.1. The highest BCUT2D eigenvalue weighted by atomic mass is 16.2. The topological polar surface area (TPSA) is 88.2 Å². The Morgan fingerprint density at radius 2 is 2.15 bits per heavy atom. The molecule has 1 unspecified atom stereocenters. The van der Waals surface area contributed by atoms with Gasteiger partial charge in [0.25, 0.3) is 5.91 Å². The third-order valence-electron chi connectivity index (χ3n) is 5.04. The summed E-state index contributed by atoms with van der Waals surface area (Å²) < 4.78 is 0.